The predicted octanol–water partition coefficient (Wildman–Crippen LogP) is 2.91. The summed E-state index contributed by atoms with van der Waals surface area (Å²) in [5.41, 5.74) is 3.69. The molecule has 0 spiro atoms. The van der Waals surface area contributed by atoms with Crippen LogP contribution in [-0.2, 0) is 17.6 Å². The van der Waals surface area contributed by atoms with Gasteiger partial charge in [0.2, 0.25) is 5.91 Å². The minimum Gasteiger partial charge on any atom is -0.326 e. The molecule has 0 fully saturated rings. The van der Waals surface area contributed by atoms with Gasteiger partial charge in [0, 0.05) is 12.1 Å². The lowest BCUT2D eigenvalue weighted by atomic mass is 10.0. The van der Waals surface area contributed by atoms with Crippen LogP contribution in [0, 0.1) is 0 Å². The van der Waals surface area contributed by atoms with Crippen molar-refractivity contribution in [2.24, 2.45) is 0 Å². The van der Waals surface area contributed by atoms with E-state index in [1.165, 1.54) is 17.5 Å². The van der Waals surface area contributed by atoms with E-state index >= 15 is 0 Å². The summed E-state index contributed by atoms with van der Waals surface area (Å²) in [7, 11) is 0. The first-order valence-electron chi connectivity index (χ1n) is 5.71. The molecule has 1 aliphatic rings. The van der Waals surface area contributed by atoms with Crippen molar-refractivity contribution in [2.45, 2.75) is 39.0 Å². The second kappa shape index (κ2) is 4.47. The van der Waals surface area contributed by atoms with Gasteiger partial charge in [-0.25, -0.2) is 0 Å². The lowest BCUT2D eigenvalue weighted by molar-refractivity contribution is -0.116. The Morgan fingerprint density at radius 1 is 1.33 bits per heavy atom. The zero-order valence-electron chi connectivity index (χ0n) is 9.18. The summed E-state index contributed by atoms with van der Waals surface area (Å²) in [6.07, 6.45) is 4.93. The molecule has 0 atom stereocenters. The molecule has 0 bridgehead atoms. The fourth-order valence-electron chi connectivity index (χ4n) is 2.07. The Hall–Kier alpha value is -1.31. The van der Waals surface area contributed by atoms with Gasteiger partial charge in [0.1, 0.15) is 0 Å². The molecular formula is C13H17NO. The molecule has 0 radical (unpaired) electrons. The first kappa shape index (κ1) is 10.2. The highest BCUT2D eigenvalue weighted by atomic mass is 16.1. The van der Waals surface area contributed by atoms with Gasteiger partial charge in [0.25, 0.3) is 0 Å². The van der Waals surface area contributed by atoms with Crippen LogP contribution in [0.15, 0.2) is 18.2 Å². The van der Waals surface area contributed by atoms with Gasteiger partial charge in [-0.2, -0.15) is 0 Å². The minimum atomic E-state index is 0.150. The molecule has 2 nitrogen and oxygen atoms in total. The van der Waals surface area contributed by atoms with Gasteiger partial charge < -0.3 is 5.32 Å². The Balaban J connectivity index is 2.27. The van der Waals surface area contributed by atoms with Gasteiger partial charge in [-0.1, -0.05) is 25.5 Å². The Morgan fingerprint density at radius 3 is 3.00 bits per heavy atom. The fraction of sp³-hybridized carbons (Fsp3) is 0.462. The molecule has 1 heterocycles. The van der Waals surface area contributed by atoms with Gasteiger partial charge in [-0.15, -0.1) is 0 Å². The summed E-state index contributed by atoms with van der Waals surface area (Å²) in [5.74, 6) is 0.150. The summed E-state index contributed by atoms with van der Waals surface area (Å²) in [6, 6.07) is 6.40. The standard InChI is InChI=1S/C13H17NO/c1-2-4-10-7-8-12-11(9-10)5-3-6-13(15)14-12/h7-9H,2-6H2,1H3,(H,14,15). The maximum absolute atomic E-state index is 11.3. The summed E-state index contributed by atoms with van der Waals surface area (Å²) >= 11 is 0. The number of aryl methyl sites for hydroxylation is 2. The SMILES string of the molecule is CCCc1ccc2c(c1)CCCC(=O)N2. The van der Waals surface area contributed by atoms with Crippen molar-refractivity contribution >= 4 is 11.6 Å². The highest BCUT2D eigenvalue weighted by molar-refractivity contribution is 5.92. The van der Waals surface area contributed by atoms with Crippen LogP contribution < -0.4 is 5.32 Å². The largest absolute Gasteiger partial charge is 0.326 e. The zero-order valence-corrected chi connectivity index (χ0v) is 9.18. The highest BCUT2D eigenvalue weighted by Crippen LogP contribution is 2.23. The van der Waals surface area contributed by atoms with E-state index in [0.717, 1.165) is 24.9 Å². The number of hydrogen-bond acceptors (Lipinski definition) is 1. The van der Waals surface area contributed by atoms with E-state index in [1.54, 1.807) is 0 Å². The molecule has 2 rings (SSSR count). The second-order valence-corrected chi connectivity index (χ2v) is 4.14. The molecule has 1 N–H and O–H groups in total. The zero-order chi connectivity index (χ0) is 10.7. The van der Waals surface area contributed by atoms with Crippen molar-refractivity contribution in [3.8, 4) is 0 Å². The number of nitrogens with one attached hydrogen (secondary N) is 1. The minimum absolute atomic E-state index is 0.150. The Morgan fingerprint density at radius 2 is 2.20 bits per heavy atom. The highest BCUT2D eigenvalue weighted by Gasteiger charge is 2.12. The first-order chi connectivity index (χ1) is 7.29. The fourth-order valence-corrected chi connectivity index (χ4v) is 2.07. The molecule has 0 aromatic heterocycles. The van der Waals surface area contributed by atoms with Gasteiger partial charge in [-0.05, 0) is 36.5 Å². The molecule has 0 saturated heterocycles. The number of hydrogen-bond donors (Lipinski definition) is 1. The summed E-state index contributed by atoms with van der Waals surface area (Å²) in [6.45, 7) is 2.19. The van der Waals surface area contributed by atoms with E-state index < -0.39 is 0 Å². The van der Waals surface area contributed by atoms with E-state index in [2.05, 4.69) is 24.4 Å². The number of carbonyl (C=O) groups is 1. The van der Waals surface area contributed by atoms with Crippen LogP contribution in [0.1, 0.15) is 37.3 Å². The number of fused-ring (bicyclic) bond motifs is 1. The third kappa shape index (κ3) is 2.38. The normalized spacial score (nSPS) is 15.4. The second-order valence-electron chi connectivity index (χ2n) is 4.14. The van der Waals surface area contributed by atoms with Crippen molar-refractivity contribution in [1.29, 1.82) is 0 Å². The van der Waals surface area contributed by atoms with Gasteiger partial charge in [-0.3, -0.25) is 4.79 Å². The molecule has 0 aliphatic carbocycles. The monoisotopic (exact) mass is 203 g/mol. The third-order valence-electron chi connectivity index (χ3n) is 2.83. The van der Waals surface area contributed by atoms with Crippen LogP contribution in [-0.4, -0.2) is 5.91 Å². The Labute approximate surface area is 90.7 Å². The van der Waals surface area contributed by atoms with E-state index in [1.807, 2.05) is 6.07 Å². The lowest BCUT2D eigenvalue weighted by Gasteiger charge is -2.08. The molecule has 2 heteroatoms. The Bertz CT molecular complexity index is 371. The molecule has 15 heavy (non-hydrogen) atoms. The topological polar surface area (TPSA) is 29.1 Å². The molecule has 1 aliphatic heterocycles. The van der Waals surface area contributed by atoms with E-state index in [9.17, 15) is 4.79 Å². The third-order valence-corrected chi connectivity index (χ3v) is 2.83. The molecule has 1 aromatic rings. The number of carbonyl (C=O) groups excluding carboxylic acids is 1. The van der Waals surface area contributed by atoms with Crippen molar-refractivity contribution in [3.05, 3.63) is 29.3 Å². The average Bonchev–Trinajstić information content (AvgIpc) is 2.39. The van der Waals surface area contributed by atoms with Gasteiger partial charge in [0.05, 0.1) is 0 Å². The predicted molar refractivity (Wildman–Crippen MR) is 62.0 cm³/mol. The summed E-state index contributed by atoms with van der Waals surface area (Å²) in [5, 5.41) is 2.95. The summed E-state index contributed by atoms with van der Waals surface area (Å²) in [4.78, 5) is 11.3. The number of anilines is 1. The molecular weight excluding hydrogens is 186 g/mol. The van der Waals surface area contributed by atoms with E-state index in [4.69, 9.17) is 0 Å². The average molecular weight is 203 g/mol. The van der Waals surface area contributed by atoms with Crippen LogP contribution in [0.5, 0.6) is 0 Å². The van der Waals surface area contributed by atoms with Crippen molar-refractivity contribution in [2.75, 3.05) is 5.32 Å². The van der Waals surface area contributed by atoms with Crippen LogP contribution in [0.25, 0.3) is 0 Å². The van der Waals surface area contributed by atoms with Crippen molar-refractivity contribution < 1.29 is 4.79 Å². The lowest BCUT2D eigenvalue weighted by Crippen LogP contribution is -2.09. The molecule has 0 unspecified atom stereocenters. The molecule has 0 saturated carbocycles. The number of benzene rings is 1. The maximum atomic E-state index is 11.3. The quantitative estimate of drug-likeness (QED) is 0.786. The van der Waals surface area contributed by atoms with Crippen LogP contribution in [0.4, 0.5) is 5.69 Å². The van der Waals surface area contributed by atoms with Crippen molar-refractivity contribution in [1.82, 2.24) is 0 Å². The van der Waals surface area contributed by atoms with Crippen LogP contribution in [0.2, 0.25) is 0 Å². The van der Waals surface area contributed by atoms with Crippen LogP contribution in [0.3, 0.4) is 0 Å². The smallest absolute Gasteiger partial charge is 0.224 e. The van der Waals surface area contributed by atoms with E-state index in [-0.39, 0.29) is 5.91 Å². The molecule has 80 valence electrons. The maximum Gasteiger partial charge on any atom is 0.224 e. The molecule has 1 amide bonds. The first-order valence-corrected chi connectivity index (χ1v) is 5.71. The van der Waals surface area contributed by atoms with E-state index in [0.29, 0.717) is 6.42 Å². The van der Waals surface area contributed by atoms with Gasteiger partial charge in [0.15, 0.2) is 0 Å². The van der Waals surface area contributed by atoms with Crippen molar-refractivity contribution in [3.63, 3.8) is 0 Å². The Kier molecular flexibility index (Phi) is 3.05. The summed E-state index contributed by atoms with van der Waals surface area (Å²) < 4.78 is 0. The number of rotatable bonds is 2. The molecule has 1 aromatic carbocycles. The van der Waals surface area contributed by atoms with Crippen LogP contribution >= 0.6 is 0 Å². The number of amides is 1. The van der Waals surface area contributed by atoms with Gasteiger partial charge >= 0.3 is 0 Å².